The SMILES string of the molecule is COc1ccc(C(=O)Nc2nnc(CC(=O)N/N=C\c3ccc(C)cc3)s2)cc1. The van der Waals surface area contributed by atoms with E-state index in [1.54, 1.807) is 37.6 Å². The Hall–Kier alpha value is -3.59. The molecule has 3 aromatic rings. The minimum atomic E-state index is -0.322. The predicted octanol–water partition coefficient (Wildman–Crippen LogP) is 2.80. The van der Waals surface area contributed by atoms with Crippen LogP contribution in [0.2, 0.25) is 0 Å². The number of aryl methyl sites for hydroxylation is 1. The zero-order valence-corrected chi connectivity index (χ0v) is 16.7. The van der Waals surface area contributed by atoms with E-state index in [1.807, 2.05) is 31.2 Å². The summed E-state index contributed by atoms with van der Waals surface area (Å²) in [5, 5.41) is 15.2. The number of hydrogen-bond acceptors (Lipinski definition) is 7. The number of benzene rings is 2. The number of nitrogens with zero attached hydrogens (tertiary/aromatic N) is 3. The van der Waals surface area contributed by atoms with Gasteiger partial charge in [0.15, 0.2) is 0 Å². The number of hydrogen-bond donors (Lipinski definition) is 2. The second-order valence-corrected chi connectivity index (χ2v) is 7.13. The first-order valence-corrected chi connectivity index (χ1v) is 9.51. The number of nitrogens with one attached hydrogen (secondary N) is 2. The average Bonchev–Trinajstić information content (AvgIpc) is 3.16. The summed E-state index contributed by atoms with van der Waals surface area (Å²) in [5.41, 5.74) is 4.95. The van der Waals surface area contributed by atoms with Gasteiger partial charge in [-0.2, -0.15) is 5.10 Å². The maximum absolute atomic E-state index is 12.2. The van der Waals surface area contributed by atoms with E-state index in [-0.39, 0.29) is 18.2 Å². The molecule has 9 heteroatoms. The predicted molar refractivity (Wildman–Crippen MR) is 111 cm³/mol. The van der Waals surface area contributed by atoms with Crippen LogP contribution in [-0.2, 0) is 11.2 Å². The molecule has 2 amide bonds. The molecule has 1 aromatic heterocycles. The van der Waals surface area contributed by atoms with Crippen LogP contribution in [-0.4, -0.2) is 35.3 Å². The van der Waals surface area contributed by atoms with E-state index in [0.29, 0.717) is 21.5 Å². The van der Waals surface area contributed by atoms with Crippen LogP contribution in [0.25, 0.3) is 0 Å². The Labute approximate surface area is 171 Å². The van der Waals surface area contributed by atoms with Crippen molar-refractivity contribution in [3.63, 3.8) is 0 Å². The molecule has 1 heterocycles. The van der Waals surface area contributed by atoms with E-state index in [1.165, 1.54) is 0 Å². The molecule has 2 aromatic carbocycles. The number of hydrazone groups is 1. The molecule has 0 unspecified atom stereocenters. The molecule has 0 aliphatic rings. The first-order chi connectivity index (χ1) is 14.0. The lowest BCUT2D eigenvalue weighted by atomic mass is 10.2. The van der Waals surface area contributed by atoms with Crippen molar-refractivity contribution in [3.05, 3.63) is 70.2 Å². The number of carbonyl (C=O) groups is 2. The molecule has 0 saturated heterocycles. The molecule has 148 valence electrons. The van der Waals surface area contributed by atoms with Crippen molar-refractivity contribution in [2.45, 2.75) is 13.3 Å². The van der Waals surface area contributed by atoms with Crippen molar-refractivity contribution >= 4 is 34.5 Å². The highest BCUT2D eigenvalue weighted by atomic mass is 32.1. The Kier molecular flexibility index (Phi) is 6.64. The molecule has 0 saturated carbocycles. The van der Waals surface area contributed by atoms with Gasteiger partial charge in [0.2, 0.25) is 11.0 Å². The van der Waals surface area contributed by atoms with Crippen LogP contribution in [0, 0.1) is 6.92 Å². The minimum absolute atomic E-state index is 0.0152. The summed E-state index contributed by atoms with van der Waals surface area (Å²) in [6.07, 6.45) is 1.58. The van der Waals surface area contributed by atoms with Gasteiger partial charge in [-0.3, -0.25) is 14.9 Å². The second-order valence-electron chi connectivity index (χ2n) is 6.06. The van der Waals surface area contributed by atoms with E-state index in [0.717, 1.165) is 22.5 Å². The summed E-state index contributed by atoms with van der Waals surface area (Å²) in [4.78, 5) is 24.2. The minimum Gasteiger partial charge on any atom is -0.497 e. The Morgan fingerprint density at radius 1 is 1.10 bits per heavy atom. The average molecular weight is 409 g/mol. The molecule has 0 bridgehead atoms. The number of carbonyl (C=O) groups excluding carboxylic acids is 2. The molecular formula is C20H19N5O3S. The molecule has 29 heavy (non-hydrogen) atoms. The van der Waals surface area contributed by atoms with Gasteiger partial charge in [0, 0.05) is 5.56 Å². The van der Waals surface area contributed by atoms with Gasteiger partial charge in [0.25, 0.3) is 5.91 Å². The van der Waals surface area contributed by atoms with Gasteiger partial charge in [0.05, 0.1) is 19.7 Å². The number of ether oxygens (including phenoxy) is 1. The summed E-state index contributed by atoms with van der Waals surface area (Å²) in [6, 6.07) is 14.4. The Bertz CT molecular complexity index is 1010. The largest absolute Gasteiger partial charge is 0.497 e. The Morgan fingerprint density at radius 2 is 1.83 bits per heavy atom. The summed E-state index contributed by atoms with van der Waals surface area (Å²) in [7, 11) is 1.56. The van der Waals surface area contributed by atoms with Gasteiger partial charge in [-0.25, -0.2) is 5.43 Å². The number of methoxy groups -OCH3 is 1. The lowest BCUT2D eigenvalue weighted by Crippen LogP contribution is -2.19. The Morgan fingerprint density at radius 3 is 2.52 bits per heavy atom. The van der Waals surface area contributed by atoms with Crippen molar-refractivity contribution in [3.8, 4) is 5.75 Å². The van der Waals surface area contributed by atoms with Gasteiger partial charge >= 0.3 is 0 Å². The highest BCUT2D eigenvalue weighted by Crippen LogP contribution is 2.18. The Balaban J connectivity index is 1.50. The van der Waals surface area contributed by atoms with Crippen LogP contribution >= 0.6 is 11.3 Å². The van der Waals surface area contributed by atoms with Crippen LogP contribution in [0.5, 0.6) is 5.75 Å². The fourth-order valence-corrected chi connectivity index (χ4v) is 3.03. The van der Waals surface area contributed by atoms with Crippen molar-refractivity contribution < 1.29 is 14.3 Å². The van der Waals surface area contributed by atoms with Gasteiger partial charge in [-0.15, -0.1) is 10.2 Å². The summed E-state index contributed by atoms with van der Waals surface area (Å²) in [6.45, 7) is 2.00. The van der Waals surface area contributed by atoms with Crippen molar-refractivity contribution in [2.24, 2.45) is 5.10 Å². The molecule has 0 spiro atoms. The first kappa shape index (κ1) is 20.2. The standard InChI is InChI=1S/C20H19N5O3S/c1-13-3-5-14(6-4-13)12-21-23-17(26)11-18-24-25-20(29-18)22-19(27)15-7-9-16(28-2)10-8-15/h3-10,12H,11H2,1-2H3,(H,23,26)(H,22,25,27)/b21-12-. The van der Waals surface area contributed by atoms with Crippen LogP contribution in [0.4, 0.5) is 5.13 Å². The van der Waals surface area contributed by atoms with Crippen LogP contribution in [0.1, 0.15) is 26.5 Å². The second kappa shape index (κ2) is 9.56. The van der Waals surface area contributed by atoms with Crippen LogP contribution in [0.15, 0.2) is 53.6 Å². The molecule has 0 radical (unpaired) electrons. The number of aromatic nitrogens is 2. The number of amides is 2. The quantitative estimate of drug-likeness (QED) is 0.461. The van der Waals surface area contributed by atoms with E-state index in [9.17, 15) is 9.59 Å². The smallest absolute Gasteiger partial charge is 0.257 e. The van der Waals surface area contributed by atoms with Gasteiger partial charge < -0.3 is 4.74 Å². The fourth-order valence-electron chi connectivity index (χ4n) is 2.30. The monoisotopic (exact) mass is 409 g/mol. The summed E-state index contributed by atoms with van der Waals surface area (Å²) >= 11 is 1.13. The number of rotatable bonds is 7. The highest BCUT2D eigenvalue weighted by molar-refractivity contribution is 7.15. The zero-order chi connectivity index (χ0) is 20.6. The fraction of sp³-hybridized carbons (Fsp3) is 0.150. The summed E-state index contributed by atoms with van der Waals surface area (Å²) in [5.74, 6) is 0.0239. The third-order valence-corrected chi connectivity index (χ3v) is 4.67. The third kappa shape index (κ3) is 5.94. The first-order valence-electron chi connectivity index (χ1n) is 8.70. The van der Waals surface area contributed by atoms with Gasteiger partial charge in [-0.05, 0) is 36.8 Å². The maximum Gasteiger partial charge on any atom is 0.257 e. The highest BCUT2D eigenvalue weighted by Gasteiger charge is 2.12. The summed E-state index contributed by atoms with van der Waals surface area (Å²) < 4.78 is 5.07. The van der Waals surface area contributed by atoms with Crippen molar-refractivity contribution in [2.75, 3.05) is 12.4 Å². The molecule has 2 N–H and O–H groups in total. The van der Waals surface area contributed by atoms with Crippen LogP contribution in [0.3, 0.4) is 0 Å². The lowest BCUT2D eigenvalue weighted by molar-refractivity contribution is -0.120. The van der Waals surface area contributed by atoms with Crippen molar-refractivity contribution in [1.29, 1.82) is 0 Å². The van der Waals surface area contributed by atoms with E-state index in [2.05, 4.69) is 26.0 Å². The molecule has 0 aliphatic heterocycles. The molecule has 3 rings (SSSR count). The maximum atomic E-state index is 12.2. The van der Waals surface area contributed by atoms with E-state index < -0.39 is 0 Å². The molecule has 8 nitrogen and oxygen atoms in total. The zero-order valence-electron chi connectivity index (χ0n) is 15.9. The van der Waals surface area contributed by atoms with E-state index >= 15 is 0 Å². The molecule has 0 atom stereocenters. The third-order valence-electron chi connectivity index (χ3n) is 3.83. The van der Waals surface area contributed by atoms with Gasteiger partial charge in [0.1, 0.15) is 10.8 Å². The topological polar surface area (TPSA) is 106 Å². The lowest BCUT2D eigenvalue weighted by Gasteiger charge is -2.02. The normalized spacial score (nSPS) is 10.7. The van der Waals surface area contributed by atoms with E-state index in [4.69, 9.17) is 4.74 Å². The van der Waals surface area contributed by atoms with Crippen LogP contribution < -0.4 is 15.5 Å². The molecule has 0 aliphatic carbocycles. The molecular weight excluding hydrogens is 390 g/mol. The van der Waals surface area contributed by atoms with Gasteiger partial charge in [-0.1, -0.05) is 41.2 Å². The molecule has 0 fully saturated rings. The number of anilines is 1. The van der Waals surface area contributed by atoms with Crippen molar-refractivity contribution in [1.82, 2.24) is 15.6 Å².